The Balaban J connectivity index is 1.43. The van der Waals surface area contributed by atoms with Gasteiger partial charge in [0.25, 0.3) is 5.91 Å². The molecule has 0 aliphatic carbocycles. The number of carbonyl (C=O) groups excluding carboxylic acids is 1. The van der Waals surface area contributed by atoms with Crippen LogP contribution in [0.15, 0.2) is 93.9 Å². The summed E-state index contributed by atoms with van der Waals surface area (Å²) in [6, 6.07) is 27.5. The highest BCUT2D eigenvalue weighted by molar-refractivity contribution is 9.10. The number of benzene rings is 3. The molecule has 0 atom stereocenters. The lowest BCUT2D eigenvalue weighted by Gasteiger charge is -2.04. The lowest BCUT2D eigenvalue weighted by atomic mass is 10.0. The molecule has 5 heteroatoms. The maximum Gasteiger partial charge on any atom is 0.252 e. The summed E-state index contributed by atoms with van der Waals surface area (Å²) in [5.41, 5.74) is 4.51. The van der Waals surface area contributed by atoms with Gasteiger partial charge in [0.05, 0.1) is 12.1 Å². The van der Waals surface area contributed by atoms with Crippen LogP contribution in [0.25, 0.3) is 22.5 Å². The zero-order chi connectivity index (χ0) is 19.3. The molecule has 138 valence electrons. The van der Waals surface area contributed by atoms with Gasteiger partial charge in [-0.15, -0.1) is 0 Å². The predicted octanol–water partition coefficient (Wildman–Crippen LogP) is 5.70. The molecule has 0 saturated carbocycles. The minimum absolute atomic E-state index is 0.163. The molecule has 1 heterocycles. The van der Waals surface area contributed by atoms with E-state index in [-0.39, 0.29) is 5.91 Å². The second-order valence-corrected chi connectivity index (χ2v) is 7.14. The van der Waals surface area contributed by atoms with Crippen molar-refractivity contribution in [1.29, 1.82) is 0 Å². The van der Waals surface area contributed by atoms with Crippen LogP contribution in [0.4, 0.5) is 0 Å². The number of aromatic nitrogens is 1. The second-order valence-electron chi connectivity index (χ2n) is 6.29. The van der Waals surface area contributed by atoms with Crippen molar-refractivity contribution in [2.75, 3.05) is 0 Å². The van der Waals surface area contributed by atoms with Gasteiger partial charge in [0, 0.05) is 16.1 Å². The molecule has 1 amide bonds. The Morgan fingerprint density at radius 1 is 0.857 bits per heavy atom. The molecule has 0 aliphatic heterocycles. The molecule has 28 heavy (non-hydrogen) atoms. The van der Waals surface area contributed by atoms with Crippen molar-refractivity contribution in [2.45, 2.75) is 6.54 Å². The number of carbonyl (C=O) groups is 1. The van der Waals surface area contributed by atoms with Crippen LogP contribution >= 0.6 is 15.9 Å². The lowest BCUT2D eigenvalue weighted by molar-refractivity contribution is 0.0949. The minimum Gasteiger partial charge on any atom is -0.356 e. The minimum atomic E-state index is -0.163. The SMILES string of the molecule is O=C(NCc1cc(-c2ccc(-c3ccccc3)cc2)on1)c1ccccc1Br. The summed E-state index contributed by atoms with van der Waals surface area (Å²) in [4.78, 5) is 12.3. The summed E-state index contributed by atoms with van der Waals surface area (Å²) >= 11 is 3.39. The number of nitrogens with one attached hydrogen (secondary N) is 1. The lowest BCUT2D eigenvalue weighted by Crippen LogP contribution is -2.23. The predicted molar refractivity (Wildman–Crippen MR) is 113 cm³/mol. The number of amides is 1. The fourth-order valence-electron chi connectivity index (χ4n) is 2.90. The standard InChI is InChI=1S/C23H17BrN2O2/c24-21-9-5-4-8-20(21)23(27)25-15-19-14-22(28-26-19)18-12-10-17(11-13-18)16-6-2-1-3-7-16/h1-14H,15H2,(H,25,27). The van der Waals surface area contributed by atoms with E-state index in [0.717, 1.165) is 15.6 Å². The van der Waals surface area contributed by atoms with Gasteiger partial charge >= 0.3 is 0 Å². The Bertz CT molecular complexity index is 1090. The van der Waals surface area contributed by atoms with Gasteiger partial charge in [0.15, 0.2) is 5.76 Å². The molecule has 0 bridgehead atoms. The number of hydrogen-bond acceptors (Lipinski definition) is 3. The molecule has 0 unspecified atom stereocenters. The monoisotopic (exact) mass is 432 g/mol. The topological polar surface area (TPSA) is 55.1 Å². The molecule has 0 saturated heterocycles. The number of hydrogen-bond donors (Lipinski definition) is 1. The smallest absolute Gasteiger partial charge is 0.252 e. The molecule has 0 fully saturated rings. The average molecular weight is 433 g/mol. The summed E-state index contributed by atoms with van der Waals surface area (Å²) in [6.45, 7) is 0.297. The molecule has 1 N–H and O–H groups in total. The van der Waals surface area contributed by atoms with Crippen LogP contribution in [0.3, 0.4) is 0 Å². The third-order valence-electron chi connectivity index (χ3n) is 4.38. The van der Waals surface area contributed by atoms with E-state index < -0.39 is 0 Å². The van der Waals surface area contributed by atoms with Crippen LogP contribution in [0.1, 0.15) is 16.1 Å². The normalized spacial score (nSPS) is 10.6. The third kappa shape index (κ3) is 4.05. The van der Waals surface area contributed by atoms with Crippen LogP contribution in [0, 0.1) is 0 Å². The van der Waals surface area contributed by atoms with Crippen LogP contribution in [0.2, 0.25) is 0 Å². The van der Waals surface area contributed by atoms with Crippen molar-refractivity contribution in [1.82, 2.24) is 10.5 Å². The van der Waals surface area contributed by atoms with Crippen molar-refractivity contribution in [2.24, 2.45) is 0 Å². The molecule has 0 spiro atoms. The highest BCUT2D eigenvalue weighted by Gasteiger charge is 2.11. The molecular weight excluding hydrogens is 416 g/mol. The molecule has 4 rings (SSSR count). The van der Waals surface area contributed by atoms with Crippen molar-refractivity contribution < 1.29 is 9.32 Å². The first-order valence-electron chi connectivity index (χ1n) is 8.85. The van der Waals surface area contributed by atoms with Crippen molar-refractivity contribution in [3.05, 3.63) is 101 Å². The molecule has 3 aromatic carbocycles. The number of halogens is 1. The zero-order valence-electron chi connectivity index (χ0n) is 14.9. The number of rotatable bonds is 5. The van der Waals surface area contributed by atoms with Gasteiger partial charge in [-0.1, -0.05) is 71.9 Å². The van der Waals surface area contributed by atoms with Gasteiger partial charge in [-0.25, -0.2) is 0 Å². The fraction of sp³-hybridized carbons (Fsp3) is 0.0435. The maximum atomic E-state index is 12.3. The maximum absolute atomic E-state index is 12.3. The van der Waals surface area contributed by atoms with E-state index in [4.69, 9.17) is 4.52 Å². The quantitative estimate of drug-likeness (QED) is 0.439. The van der Waals surface area contributed by atoms with E-state index in [1.165, 1.54) is 5.56 Å². The Labute approximate surface area is 171 Å². The molecule has 4 nitrogen and oxygen atoms in total. The Hall–Kier alpha value is -3.18. The third-order valence-corrected chi connectivity index (χ3v) is 5.08. The van der Waals surface area contributed by atoms with Crippen molar-refractivity contribution >= 4 is 21.8 Å². The fourth-order valence-corrected chi connectivity index (χ4v) is 3.36. The van der Waals surface area contributed by atoms with E-state index >= 15 is 0 Å². The van der Waals surface area contributed by atoms with Gasteiger partial charge in [0.1, 0.15) is 5.69 Å². The largest absolute Gasteiger partial charge is 0.356 e. The molecule has 4 aromatic rings. The van der Waals surface area contributed by atoms with Crippen LogP contribution in [-0.2, 0) is 6.54 Å². The van der Waals surface area contributed by atoms with Gasteiger partial charge in [-0.2, -0.15) is 0 Å². The van der Waals surface area contributed by atoms with Gasteiger partial charge in [-0.05, 0) is 39.2 Å². The molecule has 1 aromatic heterocycles. The van der Waals surface area contributed by atoms with Crippen LogP contribution in [-0.4, -0.2) is 11.1 Å². The Kier molecular flexibility index (Phi) is 5.35. The second kappa shape index (κ2) is 8.23. The summed E-state index contributed by atoms with van der Waals surface area (Å²) in [6.07, 6.45) is 0. The van der Waals surface area contributed by atoms with Gasteiger partial charge in [0.2, 0.25) is 0 Å². The van der Waals surface area contributed by atoms with E-state index in [1.54, 1.807) is 6.07 Å². The summed E-state index contributed by atoms with van der Waals surface area (Å²) in [5.74, 6) is 0.508. The summed E-state index contributed by atoms with van der Waals surface area (Å²) in [5, 5.41) is 6.92. The Morgan fingerprint density at radius 3 is 2.25 bits per heavy atom. The van der Waals surface area contributed by atoms with E-state index in [1.807, 2.05) is 54.6 Å². The number of nitrogens with zero attached hydrogens (tertiary/aromatic N) is 1. The van der Waals surface area contributed by atoms with Crippen molar-refractivity contribution in [3.8, 4) is 22.5 Å². The Morgan fingerprint density at radius 2 is 1.50 bits per heavy atom. The first kappa shape index (κ1) is 18.2. The summed E-state index contributed by atoms with van der Waals surface area (Å²) in [7, 11) is 0. The molecule has 0 radical (unpaired) electrons. The van der Waals surface area contributed by atoms with Crippen LogP contribution < -0.4 is 5.32 Å². The van der Waals surface area contributed by atoms with E-state index in [0.29, 0.717) is 23.6 Å². The van der Waals surface area contributed by atoms with Crippen molar-refractivity contribution in [3.63, 3.8) is 0 Å². The first-order valence-corrected chi connectivity index (χ1v) is 9.64. The zero-order valence-corrected chi connectivity index (χ0v) is 16.5. The highest BCUT2D eigenvalue weighted by atomic mass is 79.9. The highest BCUT2D eigenvalue weighted by Crippen LogP contribution is 2.25. The van der Waals surface area contributed by atoms with E-state index in [9.17, 15) is 4.79 Å². The van der Waals surface area contributed by atoms with Crippen LogP contribution in [0.5, 0.6) is 0 Å². The molecule has 0 aliphatic rings. The van der Waals surface area contributed by atoms with Gasteiger partial charge in [-0.3, -0.25) is 4.79 Å². The first-order chi connectivity index (χ1) is 13.7. The summed E-state index contributed by atoms with van der Waals surface area (Å²) < 4.78 is 6.20. The van der Waals surface area contributed by atoms with Gasteiger partial charge < -0.3 is 9.84 Å². The average Bonchev–Trinajstić information content (AvgIpc) is 3.22. The van der Waals surface area contributed by atoms with E-state index in [2.05, 4.69) is 50.7 Å². The molecular formula is C23H17BrN2O2.